The summed E-state index contributed by atoms with van der Waals surface area (Å²) in [5.74, 6) is 0. The van der Waals surface area contributed by atoms with Crippen molar-refractivity contribution >= 4 is 21.8 Å². The molecule has 1 heteroatoms. The normalized spacial score (nSPS) is 14.3. The van der Waals surface area contributed by atoms with Crippen LogP contribution in [0.4, 0.5) is 0 Å². The molecule has 0 bridgehead atoms. The zero-order valence-electron chi connectivity index (χ0n) is 17.0. The van der Waals surface area contributed by atoms with Crippen molar-refractivity contribution in [1.29, 1.82) is 0 Å². The van der Waals surface area contributed by atoms with E-state index < -0.39 is 0 Å². The van der Waals surface area contributed by atoms with Gasteiger partial charge >= 0.3 is 0 Å². The zero-order chi connectivity index (χ0) is 19.8. The summed E-state index contributed by atoms with van der Waals surface area (Å²) in [6.07, 6.45) is 0. The average Bonchev–Trinajstić information content (AvgIpc) is 3.07. The molecule has 0 saturated carbocycles. The maximum absolute atomic E-state index is 2.47. The van der Waals surface area contributed by atoms with Gasteiger partial charge in [0.1, 0.15) is 0 Å². The van der Waals surface area contributed by atoms with Crippen LogP contribution in [0.2, 0.25) is 0 Å². The lowest BCUT2D eigenvalue weighted by atomic mass is 9.75. The average molecular weight is 373 g/mol. The topological polar surface area (TPSA) is 4.93 Å². The number of nitrogens with zero attached hydrogens (tertiary/aromatic N) is 1. The molecule has 1 nitrogen and oxygen atoms in total. The Labute approximate surface area is 171 Å². The van der Waals surface area contributed by atoms with E-state index in [1.165, 1.54) is 55.3 Å². The van der Waals surface area contributed by atoms with Crippen LogP contribution in [0.25, 0.3) is 38.6 Å². The number of rotatable bonds is 1. The Kier molecular flexibility index (Phi) is 3.21. The van der Waals surface area contributed by atoms with Crippen molar-refractivity contribution < 1.29 is 0 Å². The maximum atomic E-state index is 2.47. The van der Waals surface area contributed by atoms with E-state index in [4.69, 9.17) is 0 Å². The predicted molar refractivity (Wildman–Crippen MR) is 123 cm³/mol. The van der Waals surface area contributed by atoms with Gasteiger partial charge in [-0.1, -0.05) is 86.1 Å². The summed E-state index contributed by atoms with van der Waals surface area (Å²) in [7, 11) is 0. The number of aryl methyl sites for hydroxylation is 1. The molecule has 0 spiro atoms. The van der Waals surface area contributed by atoms with Crippen molar-refractivity contribution in [1.82, 2.24) is 4.57 Å². The fraction of sp³-hybridized carbons (Fsp3) is 0.143. The van der Waals surface area contributed by atoms with Crippen LogP contribution in [0.5, 0.6) is 0 Å². The van der Waals surface area contributed by atoms with Crippen molar-refractivity contribution in [3.8, 4) is 16.8 Å². The monoisotopic (exact) mass is 373 g/mol. The highest BCUT2D eigenvalue weighted by atomic mass is 15.0. The van der Waals surface area contributed by atoms with Gasteiger partial charge in [0.25, 0.3) is 0 Å². The smallest absolute Gasteiger partial charge is 0.0582 e. The van der Waals surface area contributed by atoms with Gasteiger partial charge in [0.15, 0.2) is 0 Å². The first kappa shape index (κ1) is 16.6. The molecule has 1 aromatic heterocycles. The molecule has 0 N–H and O–H groups in total. The zero-order valence-corrected chi connectivity index (χ0v) is 17.0. The third-order valence-corrected chi connectivity index (χ3v) is 6.66. The number of hydrogen-bond donors (Lipinski definition) is 0. The van der Waals surface area contributed by atoms with Crippen LogP contribution >= 0.6 is 0 Å². The summed E-state index contributed by atoms with van der Waals surface area (Å²) < 4.78 is 2.47. The number of aromatic nitrogens is 1. The molecule has 140 valence electrons. The Morgan fingerprint density at radius 3 is 2.21 bits per heavy atom. The van der Waals surface area contributed by atoms with Gasteiger partial charge in [-0.2, -0.15) is 0 Å². The summed E-state index contributed by atoms with van der Waals surface area (Å²) in [4.78, 5) is 0. The minimum Gasteiger partial charge on any atom is -0.309 e. The SMILES string of the molecule is Cc1ccc(-c2ccc3c(c2)c2cccc4c2n3-c2ccccc2C4(C)C)cc1. The molecule has 0 amide bonds. The van der Waals surface area contributed by atoms with Crippen molar-refractivity contribution in [2.45, 2.75) is 26.2 Å². The standard InChI is InChI=1S/C28H23N/c1-18-11-13-19(14-12-18)20-15-16-25-22(17-20)21-7-6-9-24-27(21)29(25)26-10-5-4-8-23(26)28(24,2)3/h4-17H,1-3H3. The second-order valence-corrected chi connectivity index (χ2v) is 8.78. The van der Waals surface area contributed by atoms with Gasteiger partial charge in [-0.05, 0) is 47.4 Å². The van der Waals surface area contributed by atoms with Gasteiger partial charge in [-0.25, -0.2) is 0 Å². The van der Waals surface area contributed by atoms with Crippen LogP contribution in [0.15, 0.2) is 84.9 Å². The molecule has 1 aliphatic heterocycles. The number of benzene rings is 4. The largest absolute Gasteiger partial charge is 0.309 e. The van der Waals surface area contributed by atoms with Gasteiger partial charge in [-0.3, -0.25) is 0 Å². The van der Waals surface area contributed by atoms with Crippen molar-refractivity contribution in [3.63, 3.8) is 0 Å². The van der Waals surface area contributed by atoms with Crippen LogP contribution in [0, 0.1) is 6.92 Å². The third kappa shape index (κ3) is 2.16. The van der Waals surface area contributed by atoms with E-state index in [9.17, 15) is 0 Å². The van der Waals surface area contributed by atoms with E-state index in [1.54, 1.807) is 0 Å². The molecule has 6 rings (SSSR count). The second kappa shape index (κ2) is 5.61. The predicted octanol–water partition coefficient (Wildman–Crippen LogP) is 7.40. The molecule has 0 atom stereocenters. The first-order valence-corrected chi connectivity index (χ1v) is 10.3. The minimum absolute atomic E-state index is 0.0136. The van der Waals surface area contributed by atoms with Crippen molar-refractivity contribution in [2.75, 3.05) is 0 Å². The lowest BCUT2D eigenvalue weighted by Gasteiger charge is -2.34. The highest BCUT2D eigenvalue weighted by Gasteiger charge is 2.34. The first-order chi connectivity index (χ1) is 14.1. The molecular formula is C28H23N. The molecular weight excluding hydrogens is 350 g/mol. The summed E-state index contributed by atoms with van der Waals surface area (Å²) >= 11 is 0. The van der Waals surface area contributed by atoms with Gasteiger partial charge in [-0.15, -0.1) is 0 Å². The summed E-state index contributed by atoms with van der Waals surface area (Å²) in [6, 6.07) is 31.4. The van der Waals surface area contributed by atoms with Crippen LogP contribution in [-0.2, 0) is 5.41 Å². The summed E-state index contributed by atoms with van der Waals surface area (Å²) in [5.41, 5.74) is 10.6. The van der Waals surface area contributed by atoms with Gasteiger partial charge < -0.3 is 4.57 Å². The maximum Gasteiger partial charge on any atom is 0.0582 e. The molecule has 0 saturated heterocycles. The van der Waals surface area contributed by atoms with Gasteiger partial charge in [0.05, 0.1) is 16.7 Å². The molecule has 0 fully saturated rings. The second-order valence-electron chi connectivity index (χ2n) is 8.78. The quantitative estimate of drug-likeness (QED) is 0.288. The molecule has 5 aromatic rings. The van der Waals surface area contributed by atoms with E-state index in [0.717, 1.165) is 0 Å². The minimum atomic E-state index is -0.0136. The van der Waals surface area contributed by atoms with Crippen LogP contribution in [0.1, 0.15) is 30.5 Å². The fourth-order valence-electron chi connectivity index (χ4n) is 5.09. The highest BCUT2D eigenvalue weighted by Crippen LogP contribution is 2.47. The third-order valence-electron chi connectivity index (χ3n) is 6.66. The molecule has 1 aliphatic rings. The highest BCUT2D eigenvalue weighted by molar-refractivity contribution is 6.12. The lowest BCUT2D eigenvalue weighted by molar-refractivity contribution is 0.630. The molecule has 4 aromatic carbocycles. The van der Waals surface area contributed by atoms with E-state index in [2.05, 4.69) is 110 Å². The molecule has 0 unspecified atom stereocenters. The van der Waals surface area contributed by atoms with Crippen molar-refractivity contribution in [2.24, 2.45) is 0 Å². The first-order valence-electron chi connectivity index (χ1n) is 10.3. The Hall–Kier alpha value is -3.32. The fourth-order valence-corrected chi connectivity index (χ4v) is 5.09. The Bertz CT molecular complexity index is 1410. The number of fused-ring (bicyclic) bond motifs is 5. The van der Waals surface area contributed by atoms with Gasteiger partial charge in [0, 0.05) is 16.2 Å². The van der Waals surface area contributed by atoms with Gasteiger partial charge in [0.2, 0.25) is 0 Å². The Balaban J connectivity index is 1.74. The number of hydrogen-bond acceptors (Lipinski definition) is 0. The number of para-hydroxylation sites is 2. The van der Waals surface area contributed by atoms with Crippen molar-refractivity contribution in [3.05, 3.63) is 102 Å². The Morgan fingerprint density at radius 1 is 0.655 bits per heavy atom. The molecule has 0 aliphatic carbocycles. The lowest BCUT2D eigenvalue weighted by Crippen LogP contribution is -2.26. The van der Waals surface area contributed by atoms with Crippen LogP contribution < -0.4 is 0 Å². The van der Waals surface area contributed by atoms with E-state index >= 15 is 0 Å². The molecule has 2 heterocycles. The summed E-state index contributed by atoms with van der Waals surface area (Å²) in [6.45, 7) is 6.83. The molecule has 29 heavy (non-hydrogen) atoms. The Morgan fingerprint density at radius 2 is 1.38 bits per heavy atom. The molecule has 0 radical (unpaired) electrons. The van der Waals surface area contributed by atoms with E-state index in [1.807, 2.05) is 0 Å². The van der Waals surface area contributed by atoms with Crippen LogP contribution in [0.3, 0.4) is 0 Å². The van der Waals surface area contributed by atoms with Crippen LogP contribution in [-0.4, -0.2) is 4.57 Å². The summed E-state index contributed by atoms with van der Waals surface area (Å²) in [5, 5.41) is 2.67. The van der Waals surface area contributed by atoms with E-state index in [0.29, 0.717) is 0 Å². The van der Waals surface area contributed by atoms with E-state index in [-0.39, 0.29) is 5.41 Å².